The van der Waals surface area contributed by atoms with Crippen molar-refractivity contribution >= 4 is 23.2 Å². The van der Waals surface area contributed by atoms with Gasteiger partial charge in [-0.1, -0.05) is 50.2 Å². The highest BCUT2D eigenvalue weighted by atomic mass is 35.5. The van der Waals surface area contributed by atoms with Gasteiger partial charge in [-0.3, -0.25) is 0 Å². The van der Waals surface area contributed by atoms with E-state index in [-0.39, 0.29) is 12.4 Å². The first-order valence-corrected chi connectivity index (χ1v) is 6.68. The van der Waals surface area contributed by atoms with Crippen LogP contribution >= 0.6 is 12.4 Å². The van der Waals surface area contributed by atoms with Crippen LogP contribution in [-0.4, -0.2) is 31.1 Å². The van der Waals surface area contributed by atoms with Crippen molar-refractivity contribution in [2.75, 3.05) is 26.2 Å². The summed E-state index contributed by atoms with van der Waals surface area (Å²) in [4.78, 5) is 2.37. The second-order valence-electron chi connectivity index (χ2n) is 4.35. The maximum Gasteiger partial charge on any atom is 0.127 e. The smallest absolute Gasteiger partial charge is 0.127 e. The number of fused-ring (bicyclic) bond motifs is 1. The maximum atomic E-state index is 5.91. The Morgan fingerprint density at radius 3 is 2.37 bits per heavy atom. The molecule has 0 aliphatic carbocycles. The summed E-state index contributed by atoms with van der Waals surface area (Å²) in [6.45, 7) is 8.25. The summed E-state index contributed by atoms with van der Waals surface area (Å²) in [5.74, 6) is 0.986. The number of ether oxygens (including phenoxy) is 1. The average molecular weight is 280 g/mol. The number of hydrogen-bond acceptors (Lipinski definition) is 2. The second kappa shape index (κ2) is 8.03. The van der Waals surface area contributed by atoms with Crippen LogP contribution in [0.15, 0.2) is 42.5 Å². The molecule has 2 aromatic rings. The van der Waals surface area contributed by atoms with E-state index in [0.29, 0.717) is 0 Å². The summed E-state index contributed by atoms with van der Waals surface area (Å²) < 4.78 is 5.91. The molecule has 104 valence electrons. The summed E-state index contributed by atoms with van der Waals surface area (Å²) in [7, 11) is 0. The van der Waals surface area contributed by atoms with E-state index in [0.717, 1.165) is 32.0 Å². The van der Waals surface area contributed by atoms with Crippen molar-refractivity contribution in [3.63, 3.8) is 0 Å². The Balaban J connectivity index is 0.00000180. The van der Waals surface area contributed by atoms with E-state index in [1.807, 2.05) is 6.07 Å². The van der Waals surface area contributed by atoms with Crippen molar-refractivity contribution in [1.82, 2.24) is 4.90 Å². The van der Waals surface area contributed by atoms with Gasteiger partial charge in [0.25, 0.3) is 0 Å². The Bertz CT molecular complexity index is 492. The molecule has 19 heavy (non-hydrogen) atoms. The number of nitrogens with zero attached hydrogens (tertiary/aromatic N) is 1. The van der Waals surface area contributed by atoms with Crippen LogP contribution in [0.4, 0.5) is 0 Å². The van der Waals surface area contributed by atoms with Gasteiger partial charge in [0, 0.05) is 11.9 Å². The Kier molecular flexibility index (Phi) is 6.68. The van der Waals surface area contributed by atoms with Crippen molar-refractivity contribution in [2.45, 2.75) is 13.8 Å². The molecular formula is C16H22ClNO. The predicted octanol–water partition coefficient (Wildman–Crippen LogP) is 3.98. The van der Waals surface area contributed by atoms with E-state index in [1.54, 1.807) is 0 Å². The standard InChI is InChI=1S/C16H21NO.ClH/c1-3-17(4-2)12-13-18-16-11-7-9-14-8-5-6-10-15(14)16;/h5-11H,3-4,12-13H2,1-2H3;1H. The Hall–Kier alpha value is -1.25. The third-order valence-electron chi connectivity index (χ3n) is 3.31. The largest absolute Gasteiger partial charge is 0.492 e. The molecule has 0 atom stereocenters. The minimum absolute atomic E-state index is 0. The molecule has 0 aliphatic heterocycles. The van der Waals surface area contributed by atoms with Crippen molar-refractivity contribution in [2.24, 2.45) is 0 Å². The number of halogens is 1. The van der Waals surface area contributed by atoms with Gasteiger partial charge in [-0.2, -0.15) is 0 Å². The SMILES string of the molecule is CCN(CC)CCOc1cccc2ccccc12.Cl. The van der Waals surface area contributed by atoms with E-state index < -0.39 is 0 Å². The molecule has 0 unspecified atom stereocenters. The van der Waals surface area contributed by atoms with Gasteiger partial charge in [-0.25, -0.2) is 0 Å². The summed E-state index contributed by atoms with van der Waals surface area (Å²) in [5, 5.41) is 2.43. The topological polar surface area (TPSA) is 12.5 Å². The van der Waals surface area contributed by atoms with Gasteiger partial charge in [-0.15, -0.1) is 12.4 Å². The fraction of sp³-hybridized carbons (Fsp3) is 0.375. The van der Waals surface area contributed by atoms with E-state index in [9.17, 15) is 0 Å². The molecule has 0 N–H and O–H groups in total. The van der Waals surface area contributed by atoms with Gasteiger partial charge in [-0.05, 0) is 24.5 Å². The molecular weight excluding hydrogens is 258 g/mol. The van der Waals surface area contributed by atoms with Gasteiger partial charge < -0.3 is 9.64 Å². The first-order chi connectivity index (χ1) is 8.85. The number of rotatable bonds is 6. The number of likely N-dealkylation sites (N-methyl/N-ethyl adjacent to an activating group) is 1. The number of hydrogen-bond donors (Lipinski definition) is 0. The van der Waals surface area contributed by atoms with Crippen LogP contribution in [-0.2, 0) is 0 Å². The molecule has 0 spiro atoms. The molecule has 0 saturated heterocycles. The molecule has 2 aromatic carbocycles. The van der Waals surface area contributed by atoms with E-state index in [4.69, 9.17) is 4.74 Å². The molecule has 2 nitrogen and oxygen atoms in total. The van der Waals surface area contributed by atoms with Gasteiger partial charge in [0.1, 0.15) is 12.4 Å². The second-order valence-corrected chi connectivity index (χ2v) is 4.35. The van der Waals surface area contributed by atoms with Crippen LogP contribution in [0.3, 0.4) is 0 Å². The van der Waals surface area contributed by atoms with Crippen molar-refractivity contribution in [3.8, 4) is 5.75 Å². The summed E-state index contributed by atoms with van der Waals surface area (Å²) >= 11 is 0. The summed E-state index contributed by atoms with van der Waals surface area (Å²) in [6.07, 6.45) is 0. The summed E-state index contributed by atoms with van der Waals surface area (Å²) in [6, 6.07) is 14.6. The molecule has 0 fully saturated rings. The molecule has 0 radical (unpaired) electrons. The molecule has 0 aromatic heterocycles. The van der Waals surface area contributed by atoms with Crippen molar-refractivity contribution in [3.05, 3.63) is 42.5 Å². The zero-order chi connectivity index (χ0) is 12.8. The lowest BCUT2D eigenvalue weighted by Gasteiger charge is -2.18. The zero-order valence-electron chi connectivity index (χ0n) is 11.6. The van der Waals surface area contributed by atoms with Crippen molar-refractivity contribution < 1.29 is 4.74 Å². The quantitative estimate of drug-likeness (QED) is 0.793. The van der Waals surface area contributed by atoms with Crippen LogP contribution < -0.4 is 4.74 Å². The summed E-state index contributed by atoms with van der Waals surface area (Å²) in [5.41, 5.74) is 0. The molecule has 0 amide bonds. The normalized spacial score (nSPS) is 10.5. The first kappa shape index (κ1) is 15.8. The van der Waals surface area contributed by atoms with E-state index in [2.05, 4.69) is 55.1 Å². The third kappa shape index (κ3) is 4.12. The first-order valence-electron chi connectivity index (χ1n) is 6.68. The van der Waals surface area contributed by atoms with Gasteiger partial charge >= 0.3 is 0 Å². The fourth-order valence-electron chi connectivity index (χ4n) is 2.15. The van der Waals surface area contributed by atoms with Crippen LogP contribution in [0, 0.1) is 0 Å². The van der Waals surface area contributed by atoms with Gasteiger partial charge in [0.2, 0.25) is 0 Å². The van der Waals surface area contributed by atoms with Crippen LogP contribution in [0.5, 0.6) is 5.75 Å². The van der Waals surface area contributed by atoms with Crippen molar-refractivity contribution in [1.29, 1.82) is 0 Å². The molecule has 3 heteroatoms. The van der Waals surface area contributed by atoms with Crippen LogP contribution in [0.1, 0.15) is 13.8 Å². The minimum Gasteiger partial charge on any atom is -0.492 e. The number of benzene rings is 2. The lowest BCUT2D eigenvalue weighted by Crippen LogP contribution is -2.27. The third-order valence-corrected chi connectivity index (χ3v) is 3.31. The molecule has 0 heterocycles. The van der Waals surface area contributed by atoms with Gasteiger partial charge in [0.15, 0.2) is 0 Å². The lowest BCUT2D eigenvalue weighted by atomic mass is 10.1. The van der Waals surface area contributed by atoms with E-state index in [1.165, 1.54) is 10.8 Å². The highest BCUT2D eigenvalue weighted by Gasteiger charge is 2.02. The highest BCUT2D eigenvalue weighted by Crippen LogP contribution is 2.24. The van der Waals surface area contributed by atoms with Crippen LogP contribution in [0.25, 0.3) is 10.8 Å². The van der Waals surface area contributed by atoms with Gasteiger partial charge in [0.05, 0.1) is 0 Å². The molecule has 0 saturated carbocycles. The Morgan fingerprint density at radius 1 is 0.947 bits per heavy atom. The molecule has 2 rings (SSSR count). The lowest BCUT2D eigenvalue weighted by molar-refractivity contribution is 0.224. The average Bonchev–Trinajstić information content (AvgIpc) is 2.44. The zero-order valence-corrected chi connectivity index (χ0v) is 12.5. The van der Waals surface area contributed by atoms with Crippen LogP contribution in [0.2, 0.25) is 0 Å². The Morgan fingerprint density at radius 2 is 1.63 bits per heavy atom. The fourth-order valence-corrected chi connectivity index (χ4v) is 2.15. The van der Waals surface area contributed by atoms with E-state index >= 15 is 0 Å². The minimum atomic E-state index is 0. The molecule has 0 aliphatic rings. The predicted molar refractivity (Wildman–Crippen MR) is 84.5 cm³/mol. The monoisotopic (exact) mass is 279 g/mol. The Labute approximate surface area is 121 Å². The maximum absolute atomic E-state index is 5.91. The highest BCUT2D eigenvalue weighted by molar-refractivity contribution is 5.88. The molecule has 0 bridgehead atoms.